The van der Waals surface area contributed by atoms with Crippen molar-refractivity contribution in [3.05, 3.63) is 53.1 Å². The summed E-state index contributed by atoms with van der Waals surface area (Å²) in [5, 5.41) is 41.4. The number of fused-ring (bicyclic) bond motifs is 1. The molecule has 24 heteroatoms. The Morgan fingerprint density at radius 2 is 1.67 bits per heavy atom. The van der Waals surface area contributed by atoms with Gasteiger partial charge in [0.1, 0.15) is 36.1 Å². The van der Waals surface area contributed by atoms with Gasteiger partial charge in [-0.05, 0) is 6.07 Å². The van der Waals surface area contributed by atoms with Gasteiger partial charge in [0.2, 0.25) is 0 Å². The molecule has 21 nitrogen and oxygen atoms in total. The fourth-order valence-corrected chi connectivity index (χ4v) is 6.57. The summed E-state index contributed by atoms with van der Waals surface area (Å²) in [4.78, 5) is 57.9. The Morgan fingerprint density at radius 3 is 2.31 bits per heavy atom. The maximum Gasteiger partial charge on any atom is 1.00 e. The Bertz CT molecular complexity index is 1690. The zero-order chi connectivity index (χ0) is 32.0. The molecule has 0 saturated carbocycles. The molecule has 5 rings (SSSR count). The van der Waals surface area contributed by atoms with Gasteiger partial charge >= 0.3 is 29.6 Å². The van der Waals surface area contributed by atoms with E-state index in [1.807, 2.05) is 0 Å². The van der Waals surface area contributed by atoms with Crippen molar-refractivity contribution in [3.8, 4) is 0 Å². The van der Waals surface area contributed by atoms with Crippen molar-refractivity contribution >= 4 is 32.7 Å². The number of phosphoric ester groups is 2. The maximum absolute atomic E-state index is 12.3. The summed E-state index contributed by atoms with van der Waals surface area (Å²) in [5.41, 5.74) is 4.57. The normalized spacial score (nSPS) is 30.9. The molecule has 7 N–H and O–H groups in total. The van der Waals surface area contributed by atoms with Gasteiger partial charge in [-0.1, -0.05) is 0 Å². The van der Waals surface area contributed by atoms with Gasteiger partial charge in [0.25, 0.3) is 33.3 Å². The third-order valence-electron chi connectivity index (χ3n) is 6.71. The minimum atomic E-state index is -5.70. The number of hydrogen-bond donors (Lipinski definition) is 6. The molecule has 0 aromatic carbocycles. The Balaban J connectivity index is 0.00000461. The molecule has 0 aliphatic carbocycles. The van der Waals surface area contributed by atoms with E-state index in [0.717, 1.165) is 17.2 Å². The number of carbonyl (C=O) groups excluding carboxylic acids is 1. The summed E-state index contributed by atoms with van der Waals surface area (Å²) in [5.74, 6) is -0.784. The van der Waals surface area contributed by atoms with Crippen LogP contribution in [0.2, 0.25) is 0 Å². The van der Waals surface area contributed by atoms with Crippen LogP contribution in [0.1, 0.15) is 22.8 Å². The van der Waals surface area contributed by atoms with Crippen molar-refractivity contribution in [2.75, 3.05) is 13.2 Å². The van der Waals surface area contributed by atoms with E-state index in [2.05, 4.69) is 28.3 Å². The smallest absolute Gasteiger partial charge is 0.756 e. The molecule has 3 aromatic heterocycles. The van der Waals surface area contributed by atoms with Crippen LogP contribution in [-0.2, 0) is 32.0 Å². The molecule has 0 spiro atoms. The first-order chi connectivity index (χ1) is 20.7. The van der Waals surface area contributed by atoms with Crippen LogP contribution >= 0.6 is 15.6 Å². The third-order valence-corrected chi connectivity index (χ3v) is 9.24. The molecule has 2 fully saturated rings. The molecule has 5 heterocycles. The number of aromatic nitrogens is 5. The summed E-state index contributed by atoms with van der Waals surface area (Å²) < 4.78 is 50.8. The molecule has 3 aromatic rings. The van der Waals surface area contributed by atoms with E-state index < -0.39 is 89.4 Å². The SMILES string of the molecule is NC(=O)c1ccc[n+]([C@@H]2O[C@H](COP(=O)([O-])OP(=O)([O-])OC[C@H]3O[C@@H](n4cnc5c(=O)[nH]cnc54)[C@H](O)[C@@H]3O)[C@H](O)C2O)c1.[Na+]. The molecular weight excluding hydrogens is 661 g/mol. The summed E-state index contributed by atoms with van der Waals surface area (Å²) in [6.45, 7) is -2.02. The number of hydrogen-bond acceptors (Lipinski definition) is 17. The van der Waals surface area contributed by atoms with E-state index in [1.54, 1.807) is 0 Å². The zero-order valence-electron chi connectivity index (χ0n) is 23.0. The fourth-order valence-electron chi connectivity index (χ4n) is 4.56. The number of aliphatic hydroxyl groups is 4. The van der Waals surface area contributed by atoms with Crippen LogP contribution in [0.5, 0.6) is 0 Å². The predicted octanol–water partition coefficient (Wildman–Crippen LogP) is -7.56. The van der Waals surface area contributed by atoms with E-state index >= 15 is 0 Å². The van der Waals surface area contributed by atoms with Gasteiger partial charge in [-0.15, -0.1) is 0 Å². The van der Waals surface area contributed by atoms with Crippen molar-refractivity contribution in [2.24, 2.45) is 5.73 Å². The summed E-state index contributed by atoms with van der Waals surface area (Å²) in [6.07, 6.45) is -7.67. The minimum absolute atomic E-state index is 0. The number of rotatable bonds is 11. The van der Waals surface area contributed by atoms with Gasteiger partial charge in [-0.3, -0.25) is 23.3 Å². The molecule has 0 bridgehead atoms. The number of amides is 1. The van der Waals surface area contributed by atoms with Crippen molar-refractivity contribution in [1.82, 2.24) is 19.5 Å². The van der Waals surface area contributed by atoms with Crippen LogP contribution in [0, 0.1) is 0 Å². The van der Waals surface area contributed by atoms with Crippen LogP contribution in [0.25, 0.3) is 11.2 Å². The van der Waals surface area contributed by atoms with Gasteiger partial charge < -0.3 is 59.5 Å². The summed E-state index contributed by atoms with van der Waals surface area (Å²) in [6, 6.07) is 2.79. The molecule has 45 heavy (non-hydrogen) atoms. The average Bonchev–Trinajstić information content (AvgIpc) is 3.61. The number of phosphoric acid groups is 2. The average molecular weight is 686 g/mol. The van der Waals surface area contributed by atoms with Crippen molar-refractivity contribution in [2.45, 2.75) is 49.1 Å². The number of pyridine rings is 1. The van der Waals surface area contributed by atoms with Gasteiger partial charge in [0.05, 0.1) is 25.9 Å². The Kier molecular flexibility index (Phi) is 11.1. The second-order valence-electron chi connectivity index (χ2n) is 9.62. The molecular formula is C21H25N6NaO15P2. The number of nitrogens with one attached hydrogen (secondary N) is 1. The molecule has 10 atom stereocenters. The standard InChI is InChI=1S/C21H26N6O15P2.Na/c22-17(32)9-2-1-3-26(4-9)20-15(30)13(28)10(40-20)5-38-43(34,35)42-44(36,37)39-6-11-14(29)16(31)21(41-11)27-8-25-12-18(27)23-7-24-19(12)33;/h1-4,7-8,10-11,13-16,20-21,28-31H,5-6H2,(H4-,22,23,24,32,33,34,35,36,37);/q;+1/p-1/t10-,11-,13+,14-,15?,16-,20-,21-;/m1./s1. The molecule has 1 amide bonds. The van der Waals surface area contributed by atoms with Crippen LogP contribution < -0.4 is 55.2 Å². The van der Waals surface area contributed by atoms with Crippen LogP contribution in [0.3, 0.4) is 0 Å². The van der Waals surface area contributed by atoms with Gasteiger partial charge in [-0.25, -0.2) is 14.3 Å². The number of carbonyl (C=O) groups is 1. The van der Waals surface area contributed by atoms with Crippen molar-refractivity contribution < 1.29 is 101 Å². The van der Waals surface area contributed by atoms with Gasteiger partial charge in [0.15, 0.2) is 35.9 Å². The van der Waals surface area contributed by atoms with Crippen LogP contribution in [0.15, 0.2) is 42.0 Å². The molecule has 2 aliphatic heterocycles. The molecule has 240 valence electrons. The fraction of sp³-hybridized carbons (Fsp3) is 0.476. The predicted molar refractivity (Wildman–Crippen MR) is 133 cm³/mol. The molecule has 3 unspecified atom stereocenters. The number of ether oxygens (including phenoxy) is 2. The summed E-state index contributed by atoms with van der Waals surface area (Å²) in [7, 11) is -11.4. The van der Waals surface area contributed by atoms with Gasteiger partial charge in [-0.2, -0.15) is 4.57 Å². The Morgan fingerprint density at radius 1 is 1.04 bits per heavy atom. The maximum atomic E-state index is 12.3. The Hall–Kier alpha value is -2.01. The topological polar surface area (TPSA) is 318 Å². The van der Waals surface area contributed by atoms with Crippen molar-refractivity contribution in [1.29, 1.82) is 0 Å². The van der Waals surface area contributed by atoms with E-state index in [-0.39, 0.29) is 46.3 Å². The van der Waals surface area contributed by atoms with Gasteiger partial charge in [0, 0.05) is 6.07 Å². The molecule has 0 radical (unpaired) electrons. The number of nitrogens with two attached hydrogens (primary N) is 1. The molecule has 2 saturated heterocycles. The Labute approximate surface area is 273 Å². The zero-order valence-corrected chi connectivity index (χ0v) is 26.8. The summed E-state index contributed by atoms with van der Waals surface area (Å²) >= 11 is 0. The number of H-pyrrole nitrogens is 1. The third kappa shape index (κ3) is 7.77. The monoisotopic (exact) mass is 686 g/mol. The first-order valence-electron chi connectivity index (χ1n) is 12.5. The van der Waals surface area contributed by atoms with Crippen LogP contribution in [0.4, 0.5) is 0 Å². The first kappa shape index (κ1) is 35.8. The quantitative estimate of drug-likeness (QED) is 0.0620. The van der Waals surface area contributed by atoms with Crippen LogP contribution in [-0.4, -0.2) is 95.7 Å². The van der Waals surface area contributed by atoms with Crippen molar-refractivity contribution in [3.63, 3.8) is 0 Å². The van der Waals surface area contributed by atoms with E-state index in [9.17, 15) is 48.9 Å². The minimum Gasteiger partial charge on any atom is -0.756 e. The van der Waals surface area contributed by atoms with E-state index in [1.165, 1.54) is 29.1 Å². The second-order valence-corrected chi connectivity index (χ2v) is 12.6. The number of aliphatic hydroxyl groups excluding tert-OH is 4. The number of imidazole rings is 1. The second kappa shape index (κ2) is 14.0. The van der Waals surface area contributed by atoms with E-state index in [0.29, 0.717) is 0 Å². The number of primary amides is 1. The number of nitrogens with zero attached hydrogens (tertiary/aromatic N) is 4. The molecule has 2 aliphatic rings. The van der Waals surface area contributed by atoms with E-state index in [4.69, 9.17) is 15.2 Å². The first-order valence-corrected chi connectivity index (χ1v) is 15.5. The largest absolute Gasteiger partial charge is 1.00 e. The number of aromatic amines is 1.